The van der Waals surface area contributed by atoms with Crippen molar-refractivity contribution in [3.05, 3.63) is 51.8 Å². The monoisotopic (exact) mass is 305 g/mol. The Kier molecular flexibility index (Phi) is 5.00. The molecule has 0 bridgehead atoms. The van der Waals surface area contributed by atoms with Gasteiger partial charge < -0.3 is 15.0 Å². The number of rotatable bonds is 5. The highest BCUT2D eigenvalue weighted by molar-refractivity contribution is 5.93. The van der Waals surface area contributed by atoms with E-state index in [1.807, 2.05) is 0 Å². The first-order valence-electron chi connectivity index (χ1n) is 6.66. The molecular weight excluding hydrogens is 289 g/mol. The summed E-state index contributed by atoms with van der Waals surface area (Å²) in [5, 5.41) is 2.60. The number of carbonyl (C=O) groups is 1. The van der Waals surface area contributed by atoms with Crippen molar-refractivity contribution in [2.45, 2.75) is 6.92 Å². The van der Waals surface area contributed by atoms with E-state index in [9.17, 15) is 14.0 Å². The van der Waals surface area contributed by atoms with Crippen LogP contribution in [0.2, 0.25) is 0 Å². The second-order valence-electron chi connectivity index (χ2n) is 4.70. The Labute approximate surface area is 126 Å². The van der Waals surface area contributed by atoms with Crippen LogP contribution in [-0.2, 0) is 4.74 Å². The van der Waals surface area contributed by atoms with Crippen LogP contribution in [0.1, 0.15) is 16.1 Å². The summed E-state index contributed by atoms with van der Waals surface area (Å²) in [5.74, 6) is -0.775. The maximum Gasteiger partial charge on any atom is 0.346 e. The summed E-state index contributed by atoms with van der Waals surface area (Å²) in [4.78, 5) is 29.8. The molecule has 0 atom stereocenters. The number of aromatic amines is 1. The molecule has 2 rings (SSSR count). The van der Waals surface area contributed by atoms with Crippen LogP contribution >= 0.6 is 0 Å². The molecule has 116 valence electrons. The number of benzene rings is 1. The van der Waals surface area contributed by atoms with Gasteiger partial charge in [0.25, 0.3) is 5.91 Å². The first-order valence-corrected chi connectivity index (χ1v) is 6.66. The third kappa shape index (κ3) is 3.76. The van der Waals surface area contributed by atoms with Gasteiger partial charge in [-0.05, 0) is 36.8 Å². The zero-order valence-electron chi connectivity index (χ0n) is 12.3. The highest BCUT2D eigenvalue weighted by atomic mass is 19.1. The number of aryl methyl sites for hydroxylation is 1. The Bertz CT molecular complexity index is 743. The van der Waals surface area contributed by atoms with Crippen molar-refractivity contribution in [2.75, 3.05) is 20.3 Å². The van der Waals surface area contributed by atoms with E-state index in [0.29, 0.717) is 30.0 Å². The van der Waals surface area contributed by atoms with Gasteiger partial charge in [-0.25, -0.2) is 9.18 Å². The minimum absolute atomic E-state index is 0.0908. The minimum Gasteiger partial charge on any atom is -0.383 e. The van der Waals surface area contributed by atoms with Crippen LogP contribution in [0.25, 0.3) is 11.3 Å². The Hall–Kier alpha value is -2.54. The zero-order valence-corrected chi connectivity index (χ0v) is 12.3. The van der Waals surface area contributed by atoms with Crippen LogP contribution in [0, 0.1) is 12.7 Å². The van der Waals surface area contributed by atoms with Crippen LogP contribution in [0.5, 0.6) is 0 Å². The van der Waals surface area contributed by atoms with E-state index in [4.69, 9.17) is 4.74 Å². The molecule has 1 aromatic carbocycles. The normalized spacial score (nSPS) is 10.5. The number of nitrogens with one attached hydrogen (secondary N) is 2. The summed E-state index contributed by atoms with van der Waals surface area (Å²) in [6, 6.07) is 5.84. The van der Waals surface area contributed by atoms with Gasteiger partial charge in [0.15, 0.2) is 0 Å². The lowest BCUT2D eigenvalue weighted by atomic mass is 10.1. The maximum atomic E-state index is 13.3. The minimum atomic E-state index is -0.642. The first-order chi connectivity index (χ1) is 10.5. The van der Waals surface area contributed by atoms with Gasteiger partial charge in [0.2, 0.25) is 0 Å². The van der Waals surface area contributed by atoms with E-state index in [1.54, 1.807) is 13.0 Å². The fraction of sp³-hybridized carbons (Fsp3) is 0.267. The first kappa shape index (κ1) is 15.8. The highest BCUT2D eigenvalue weighted by Gasteiger charge is 2.11. The van der Waals surface area contributed by atoms with E-state index < -0.39 is 11.6 Å². The second kappa shape index (κ2) is 6.95. The Morgan fingerprint density at radius 2 is 2.18 bits per heavy atom. The molecule has 2 aromatic rings. The van der Waals surface area contributed by atoms with Crippen molar-refractivity contribution >= 4 is 5.91 Å². The lowest BCUT2D eigenvalue weighted by Crippen LogP contribution is -2.29. The van der Waals surface area contributed by atoms with E-state index in [2.05, 4.69) is 15.3 Å². The molecule has 0 saturated heterocycles. The Morgan fingerprint density at radius 3 is 2.86 bits per heavy atom. The fourth-order valence-electron chi connectivity index (χ4n) is 1.89. The van der Waals surface area contributed by atoms with Gasteiger partial charge in [0.05, 0.1) is 12.3 Å². The average Bonchev–Trinajstić information content (AvgIpc) is 2.49. The third-order valence-electron chi connectivity index (χ3n) is 3.03. The van der Waals surface area contributed by atoms with Gasteiger partial charge >= 0.3 is 5.69 Å². The summed E-state index contributed by atoms with van der Waals surface area (Å²) >= 11 is 0. The summed E-state index contributed by atoms with van der Waals surface area (Å²) < 4.78 is 18.1. The molecule has 0 aliphatic heterocycles. The summed E-state index contributed by atoms with van der Waals surface area (Å²) in [6.45, 7) is 2.31. The lowest BCUT2D eigenvalue weighted by Gasteiger charge is -2.07. The summed E-state index contributed by atoms with van der Waals surface area (Å²) in [6.07, 6.45) is 0. The highest BCUT2D eigenvalue weighted by Crippen LogP contribution is 2.19. The number of halogens is 1. The molecule has 0 radical (unpaired) electrons. The van der Waals surface area contributed by atoms with E-state index in [1.165, 1.54) is 25.3 Å². The maximum absolute atomic E-state index is 13.3. The number of hydrogen-bond acceptors (Lipinski definition) is 4. The predicted molar refractivity (Wildman–Crippen MR) is 79.2 cm³/mol. The lowest BCUT2D eigenvalue weighted by molar-refractivity contribution is 0.0931. The van der Waals surface area contributed by atoms with E-state index in [0.717, 1.165) is 0 Å². The molecule has 7 heteroatoms. The zero-order chi connectivity index (χ0) is 16.1. The smallest absolute Gasteiger partial charge is 0.346 e. The van der Waals surface area contributed by atoms with Crippen molar-refractivity contribution in [1.82, 2.24) is 15.3 Å². The topological polar surface area (TPSA) is 84.1 Å². The van der Waals surface area contributed by atoms with E-state index >= 15 is 0 Å². The number of carbonyl (C=O) groups excluding carboxylic acids is 1. The molecular formula is C15H16FN3O3. The third-order valence-corrected chi connectivity index (χ3v) is 3.03. The number of hydrogen-bond donors (Lipinski definition) is 2. The van der Waals surface area contributed by atoms with Crippen LogP contribution in [0.15, 0.2) is 29.1 Å². The SMILES string of the molecule is COCCNC(=O)c1cc(-c2ccc(F)c(C)c2)nc(=O)[nH]1. The number of ether oxygens (including phenoxy) is 1. The molecule has 0 fully saturated rings. The van der Waals surface area contributed by atoms with Crippen LogP contribution < -0.4 is 11.0 Å². The molecule has 1 aromatic heterocycles. The van der Waals surface area contributed by atoms with Crippen LogP contribution in [0.3, 0.4) is 0 Å². The number of methoxy groups -OCH3 is 1. The summed E-state index contributed by atoms with van der Waals surface area (Å²) in [5.41, 5.74) is 0.759. The van der Waals surface area contributed by atoms with Crippen molar-refractivity contribution in [1.29, 1.82) is 0 Å². The van der Waals surface area contributed by atoms with Gasteiger partial charge in [0, 0.05) is 19.2 Å². The number of H-pyrrole nitrogens is 1. The molecule has 1 heterocycles. The molecule has 0 unspecified atom stereocenters. The van der Waals surface area contributed by atoms with Gasteiger partial charge in [-0.2, -0.15) is 4.98 Å². The fourth-order valence-corrected chi connectivity index (χ4v) is 1.89. The number of nitrogens with zero attached hydrogens (tertiary/aromatic N) is 1. The van der Waals surface area contributed by atoms with Crippen LogP contribution in [0.4, 0.5) is 4.39 Å². The molecule has 22 heavy (non-hydrogen) atoms. The van der Waals surface area contributed by atoms with Crippen molar-refractivity contribution in [2.24, 2.45) is 0 Å². The molecule has 0 aliphatic rings. The predicted octanol–water partition coefficient (Wildman–Crippen LogP) is 1.26. The number of aromatic nitrogens is 2. The molecule has 2 N–H and O–H groups in total. The molecule has 1 amide bonds. The molecule has 0 aliphatic carbocycles. The van der Waals surface area contributed by atoms with E-state index in [-0.39, 0.29) is 11.5 Å². The number of amides is 1. The van der Waals surface area contributed by atoms with Crippen molar-refractivity contribution < 1.29 is 13.9 Å². The second-order valence-corrected chi connectivity index (χ2v) is 4.70. The molecule has 0 spiro atoms. The van der Waals surface area contributed by atoms with Crippen molar-refractivity contribution in [3.8, 4) is 11.3 Å². The van der Waals surface area contributed by atoms with Crippen molar-refractivity contribution in [3.63, 3.8) is 0 Å². The van der Waals surface area contributed by atoms with Gasteiger partial charge in [0.1, 0.15) is 11.5 Å². The average molecular weight is 305 g/mol. The standard InChI is InChI=1S/C15H16FN3O3/c1-9-7-10(3-4-11(9)16)12-8-13(19-15(21)18-12)14(20)17-5-6-22-2/h3-4,7-8H,5-6H2,1-2H3,(H,17,20)(H,18,19,21). The van der Waals surface area contributed by atoms with Gasteiger partial charge in [-0.3, -0.25) is 4.79 Å². The Morgan fingerprint density at radius 1 is 1.41 bits per heavy atom. The van der Waals surface area contributed by atoms with Gasteiger partial charge in [-0.15, -0.1) is 0 Å². The molecule has 6 nitrogen and oxygen atoms in total. The Balaban J connectivity index is 2.32. The largest absolute Gasteiger partial charge is 0.383 e. The van der Waals surface area contributed by atoms with Gasteiger partial charge in [-0.1, -0.05) is 0 Å². The summed E-state index contributed by atoms with van der Waals surface area (Å²) in [7, 11) is 1.52. The van der Waals surface area contributed by atoms with Crippen LogP contribution in [-0.4, -0.2) is 36.1 Å². The molecule has 0 saturated carbocycles. The quantitative estimate of drug-likeness (QED) is 0.815.